The van der Waals surface area contributed by atoms with Gasteiger partial charge in [0.15, 0.2) is 0 Å². The third kappa shape index (κ3) is 5.57. The lowest BCUT2D eigenvalue weighted by molar-refractivity contribution is -0.141. The summed E-state index contributed by atoms with van der Waals surface area (Å²) in [5.41, 5.74) is 4.81. The van der Waals surface area contributed by atoms with Gasteiger partial charge in [-0.2, -0.15) is 0 Å². The molecule has 0 radical (unpaired) electrons. The normalized spacial score (nSPS) is 13.2. The Kier molecular flexibility index (Phi) is 6.66. The molecule has 0 aliphatic heterocycles. The third-order valence-corrected chi connectivity index (χ3v) is 5.09. The Morgan fingerprint density at radius 1 is 1.00 bits per heavy atom. The standard InChI is InChI=1S/C24H28N2O2/c1-18(24(27)28)14-23(25-16-20-12-13-26(2)17-20)15-19-8-10-22(11-9-19)21-6-4-3-5-7-21/h3-13,17-18,23,25H,14-16H2,1-2H3,(H,27,28). The maximum atomic E-state index is 11.3. The first-order valence-electron chi connectivity index (χ1n) is 9.72. The van der Waals surface area contributed by atoms with Crippen molar-refractivity contribution in [1.29, 1.82) is 0 Å². The van der Waals surface area contributed by atoms with Crippen molar-refractivity contribution >= 4 is 5.97 Å². The molecule has 28 heavy (non-hydrogen) atoms. The Morgan fingerprint density at radius 2 is 1.68 bits per heavy atom. The van der Waals surface area contributed by atoms with Crippen molar-refractivity contribution in [1.82, 2.24) is 9.88 Å². The van der Waals surface area contributed by atoms with Gasteiger partial charge in [0.1, 0.15) is 0 Å². The number of benzene rings is 2. The largest absolute Gasteiger partial charge is 0.481 e. The highest BCUT2D eigenvalue weighted by atomic mass is 16.4. The quantitative estimate of drug-likeness (QED) is 0.578. The number of rotatable bonds is 9. The molecule has 0 amide bonds. The fourth-order valence-corrected chi connectivity index (χ4v) is 3.44. The topological polar surface area (TPSA) is 54.3 Å². The Balaban J connectivity index is 1.67. The molecular weight excluding hydrogens is 348 g/mol. The van der Waals surface area contributed by atoms with Gasteiger partial charge in [-0.3, -0.25) is 4.79 Å². The first-order chi connectivity index (χ1) is 13.5. The second kappa shape index (κ2) is 9.38. The van der Waals surface area contributed by atoms with Gasteiger partial charge in [-0.05, 0) is 41.2 Å². The van der Waals surface area contributed by atoms with Crippen LogP contribution in [-0.4, -0.2) is 21.7 Å². The van der Waals surface area contributed by atoms with Gasteiger partial charge in [-0.15, -0.1) is 0 Å². The summed E-state index contributed by atoms with van der Waals surface area (Å²) in [6, 6.07) is 21.1. The van der Waals surface area contributed by atoms with E-state index in [1.807, 2.05) is 36.0 Å². The number of hydrogen-bond acceptors (Lipinski definition) is 2. The lowest BCUT2D eigenvalue weighted by atomic mass is 9.95. The van der Waals surface area contributed by atoms with Gasteiger partial charge in [-0.1, -0.05) is 61.5 Å². The van der Waals surface area contributed by atoms with E-state index >= 15 is 0 Å². The number of carboxylic acid groups (broad SMARTS) is 1. The SMILES string of the molecule is CC(CC(Cc1ccc(-c2ccccc2)cc1)NCc1ccn(C)c1)C(=O)O. The molecule has 0 saturated heterocycles. The second-order valence-electron chi connectivity index (χ2n) is 7.51. The number of aliphatic carboxylic acids is 1. The smallest absolute Gasteiger partial charge is 0.306 e. The average Bonchev–Trinajstić information content (AvgIpc) is 3.12. The summed E-state index contributed by atoms with van der Waals surface area (Å²) in [6.45, 7) is 2.51. The second-order valence-corrected chi connectivity index (χ2v) is 7.51. The van der Waals surface area contributed by atoms with Crippen molar-refractivity contribution in [2.45, 2.75) is 32.4 Å². The van der Waals surface area contributed by atoms with E-state index in [1.165, 1.54) is 22.3 Å². The van der Waals surface area contributed by atoms with Crippen LogP contribution in [-0.2, 0) is 24.8 Å². The van der Waals surface area contributed by atoms with E-state index in [1.54, 1.807) is 6.92 Å². The van der Waals surface area contributed by atoms with Crippen molar-refractivity contribution in [2.75, 3.05) is 0 Å². The number of hydrogen-bond donors (Lipinski definition) is 2. The zero-order valence-corrected chi connectivity index (χ0v) is 16.5. The lowest BCUT2D eigenvalue weighted by Gasteiger charge is -2.21. The molecule has 1 heterocycles. The molecular formula is C24H28N2O2. The zero-order valence-electron chi connectivity index (χ0n) is 16.5. The molecule has 4 heteroatoms. The number of nitrogens with one attached hydrogen (secondary N) is 1. The van der Waals surface area contributed by atoms with Gasteiger partial charge in [-0.25, -0.2) is 0 Å². The fourth-order valence-electron chi connectivity index (χ4n) is 3.44. The van der Waals surface area contributed by atoms with Gasteiger partial charge >= 0.3 is 5.97 Å². The van der Waals surface area contributed by atoms with Crippen LogP contribution in [0.3, 0.4) is 0 Å². The number of aromatic nitrogens is 1. The lowest BCUT2D eigenvalue weighted by Crippen LogP contribution is -2.34. The van der Waals surface area contributed by atoms with E-state index in [0.29, 0.717) is 6.42 Å². The van der Waals surface area contributed by atoms with Gasteiger partial charge in [0, 0.05) is 32.0 Å². The van der Waals surface area contributed by atoms with Gasteiger partial charge < -0.3 is 15.0 Å². The van der Waals surface area contributed by atoms with Crippen LogP contribution in [0.1, 0.15) is 24.5 Å². The van der Waals surface area contributed by atoms with Crippen molar-refractivity contribution in [3.05, 3.63) is 84.2 Å². The van der Waals surface area contributed by atoms with E-state index in [9.17, 15) is 9.90 Å². The fraction of sp³-hybridized carbons (Fsp3) is 0.292. The van der Waals surface area contributed by atoms with Crippen molar-refractivity contribution in [3.8, 4) is 11.1 Å². The van der Waals surface area contributed by atoms with E-state index in [0.717, 1.165) is 13.0 Å². The minimum atomic E-state index is -0.745. The highest BCUT2D eigenvalue weighted by Crippen LogP contribution is 2.20. The molecule has 3 rings (SSSR count). The molecule has 2 atom stereocenters. The molecule has 3 aromatic rings. The van der Waals surface area contributed by atoms with Crippen LogP contribution in [0.4, 0.5) is 0 Å². The monoisotopic (exact) mass is 376 g/mol. The molecule has 146 valence electrons. The van der Waals surface area contributed by atoms with Crippen molar-refractivity contribution < 1.29 is 9.90 Å². The number of carboxylic acids is 1. The summed E-state index contributed by atoms with van der Waals surface area (Å²) >= 11 is 0. The average molecular weight is 377 g/mol. The Morgan fingerprint density at radius 3 is 2.29 bits per heavy atom. The van der Waals surface area contributed by atoms with Crippen LogP contribution in [0.25, 0.3) is 11.1 Å². The molecule has 0 spiro atoms. The maximum absolute atomic E-state index is 11.3. The van der Waals surface area contributed by atoms with E-state index in [4.69, 9.17) is 0 Å². The summed E-state index contributed by atoms with van der Waals surface area (Å²) in [7, 11) is 2.00. The Bertz CT molecular complexity index is 884. The molecule has 2 N–H and O–H groups in total. The maximum Gasteiger partial charge on any atom is 0.306 e. The van der Waals surface area contributed by atoms with Crippen LogP contribution < -0.4 is 5.32 Å². The van der Waals surface area contributed by atoms with Gasteiger partial charge in [0.25, 0.3) is 0 Å². The summed E-state index contributed by atoms with van der Waals surface area (Å²) in [5, 5.41) is 12.9. The van der Waals surface area contributed by atoms with E-state index in [-0.39, 0.29) is 12.0 Å². The summed E-state index contributed by atoms with van der Waals surface area (Å²) < 4.78 is 2.02. The molecule has 4 nitrogen and oxygen atoms in total. The van der Waals surface area contributed by atoms with Crippen LogP contribution in [0.2, 0.25) is 0 Å². The predicted molar refractivity (Wildman–Crippen MR) is 113 cm³/mol. The molecule has 2 unspecified atom stereocenters. The third-order valence-electron chi connectivity index (χ3n) is 5.09. The minimum Gasteiger partial charge on any atom is -0.481 e. The van der Waals surface area contributed by atoms with Crippen LogP contribution in [0.5, 0.6) is 0 Å². The van der Waals surface area contributed by atoms with Crippen LogP contribution in [0.15, 0.2) is 73.1 Å². The van der Waals surface area contributed by atoms with E-state index < -0.39 is 5.97 Å². The van der Waals surface area contributed by atoms with E-state index in [2.05, 4.69) is 54.0 Å². The zero-order chi connectivity index (χ0) is 19.9. The number of carbonyl (C=O) groups is 1. The molecule has 2 aromatic carbocycles. The highest BCUT2D eigenvalue weighted by Gasteiger charge is 2.18. The Labute approximate surface area is 166 Å². The van der Waals surface area contributed by atoms with Gasteiger partial charge in [0.05, 0.1) is 5.92 Å². The molecule has 0 aliphatic rings. The number of nitrogens with zero attached hydrogens (tertiary/aromatic N) is 1. The predicted octanol–water partition coefficient (Wildman–Crippen LogP) is 4.50. The van der Waals surface area contributed by atoms with Crippen LogP contribution in [0, 0.1) is 5.92 Å². The molecule has 0 aliphatic carbocycles. The Hall–Kier alpha value is -2.85. The highest BCUT2D eigenvalue weighted by molar-refractivity contribution is 5.69. The van der Waals surface area contributed by atoms with Crippen molar-refractivity contribution in [2.24, 2.45) is 13.0 Å². The summed E-state index contributed by atoms with van der Waals surface area (Å²) in [4.78, 5) is 11.3. The first kappa shape index (κ1) is 19.9. The van der Waals surface area contributed by atoms with Gasteiger partial charge in [0.2, 0.25) is 0 Å². The van der Waals surface area contributed by atoms with Crippen LogP contribution >= 0.6 is 0 Å². The van der Waals surface area contributed by atoms with Crippen molar-refractivity contribution in [3.63, 3.8) is 0 Å². The molecule has 0 bridgehead atoms. The number of aryl methyl sites for hydroxylation is 1. The minimum absolute atomic E-state index is 0.105. The summed E-state index contributed by atoms with van der Waals surface area (Å²) in [6.07, 6.45) is 5.51. The first-order valence-corrected chi connectivity index (χ1v) is 9.72. The summed E-state index contributed by atoms with van der Waals surface area (Å²) in [5.74, 6) is -1.12. The molecule has 1 aromatic heterocycles. The molecule has 0 fully saturated rings. The molecule has 0 saturated carbocycles.